The van der Waals surface area contributed by atoms with E-state index in [1.807, 2.05) is 18.2 Å². The first-order valence-corrected chi connectivity index (χ1v) is 8.42. The highest BCUT2D eigenvalue weighted by Crippen LogP contribution is 2.33. The first-order valence-electron chi connectivity index (χ1n) is 8.04. The third-order valence-corrected chi connectivity index (χ3v) is 4.91. The van der Waals surface area contributed by atoms with Crippen molar-refractivity contribution in [2.24, 2.45) is 0 Å². The van der Waals surface area contributed by atoms with Gasteiger partial charge in [0.2, 0.25) is 0 Å². The molecule has 0 spiro atoms. The Morgan fingerprint density at radius 2 is 2.04 bits per heavy atom. The van der Waals surface area contributed by atoms with E-state index in [2.05, 4.69) is 23.5 Å². The first-order chi connectivity index (χ1) is 11.2. The molecule has 0 unspecified atom stereocenters. The predicted octanol–water partition coefficient (Wildman–Crippen LogP) is 3.84. The maximum absolute atomic E-state index is 12.6. The van der Waals surface area contributed by atoms with Crippen LogP contribution in [0.25, 0.3) is 0 Å². The van der Waals surface area contributed by atoms with Crippen LogP contribution in [0.15, 0.2) is 42.5 Å². The Bertz CT molecular complexity index is 759. The highest BCUT2D eigenvalue weighted by atomic mass is 35.5. The van der Waals surface area contributed by atoms with Gasteiger partial charge in [-0.1, -0.05) is 35.9 Å². The number of ether oxygens (including phenoxy) is 1. The van der Waals surface area contributed by atoms with Gasteiger partial charge in [-0.25, -0.2) is 0 Å². The summed E-state index contributed by atoms with van der Waals surface area (Å²) in [6.07, 6.45) is 3.29. The number of hydrogen-bond donors (Lipinski definition) is 1. The molecule has 0 bridgehead atoms. The van der Waals surface area contributed by atoms with Gasteiger partial charge in [0.25, 0.3) is 5.91 Å². The topological polar surface area (TPSA) is 38.3 Å². The van der Waals surface area contributed by atoms with E-state index < -0.39 is 6.10 Å². The van der Waals surface area contributed by atoms with Gasteiger partial charge in [-0.2, -0.15) is 0 Å². The van der Waals surface area contributed by atoms with Gasteiger partial charge in [-0.15, -0.1) is 0 Å². The van der Waals surface area contributed by atoms with Crippen molar-refractivity contribution in [2.45, 2.75) is 37.8 Å². The molecule has 1 amide bonds. The summed E-state index contributed by atoms with van der Waals surface area (Å²) < 4.78 is 5.78. The predicted molar refractivity (Wildman–Crippen MR) is 89.8 cm³/mol. The summed E-state index contributed by atoms with van der Waals surface area (Å²) in [5.41, 5.74) is 3.58. The maximum atomic E-state index is 12.6. The van der Waals surface area contributed by atoms with Gasteiger partial charge in [-0.05, 0) is 54.2 Å². The average molecular weight is 328 g/mol. The molecule has 1 heterocycles. The molecule has 1 N–H and O–H groups in total. The monoisotopic (exact) mass is 327 g/mol. The first kappa shape index (κ1) is 14.6. The summed E-state index contributed by atoms with van der Waals surface area (Å²) in [5, 5.41) is 3.85. The third kappa shape index (κ3) is 2.81. The lowest BCUT2D eigenvalue weighted by molar-refractivity contribution is -0.128. The molecule has 0 radical (unpaired) electrons. The fraction of sp³-hybridized carbons (Fsp3) is 0.316. The molecule has 2 aliphatic rings. The van der Waals surface area contributed by atoms with Crippen molar-refractivity contribution in [3.05, 3.63) is 64.2 Å². The highest BCUT2D eigenvalue weighted by molar-refractivity contribution is 6.30. The van der Waals surface area contributed by atoms with Crippen molar-refractivity contribution >= 4 is 17.5 Å². The van der Waals surface area contributed by atoms with Crippen molar-refractivity contribution < 1.29 is 9.53 Å². The summed E-state index contributed by atoms with van der Waals surface area (Å²) in [6, 6.07) is 13.9. The van der Waals surface area contributed by atoms with Crippen LogP contribution in [0.3, 0.4) is 0 Å². The van der Waals surface area contributed by atoms with Crippen LogP contribution in [-0.2, 0) is 17.6 Å². The van der Waals surface area contributed by atoms with Gasteiger partial charge in [0.15, 0.2) is 6.10 Å². The van der Waals surface area contributed by atoms with Crippen LogP contribution in [0.4, 0.5) is 0 Å². The van der Waals surface area contributed by atoms with E-state index in [9.17, 15) is 4.79 Å². The fourth-order valence-corrected chi connectivity index (χ4v) is 3.73. The van der Waals surface area contributed by atoms with Crippen molar-refractivity contribution in [2.75, 3.05) is 0 Å². The molecular weight excluding hydrogens is 310 g/mol. The third-order valence-electron chi connectivity index (χ3n) is 4.68. The number of aryl methyl sites for hydroxylation is 1. The Kier molecular flexibility index (Phi) is 3.74. The van der Waals surface area contributed by atoms with Crippen molar-refractivity contribution in [1.29, 1.82) is 0 Å². The van der Waals surface area contributed by atoms with Gasteiger partial charge in [0.1, 0.15) is 5.75 Å². The van der Waals surface area contributed by atoms with Crippen LogP contribution in [0.2, 0.25) is 5.02 Å². The molecule has 4 rings (SSSR count). The number of carbonyl (C=O) groups excluding carboxylic acids is 1. The lowest BCUT2D eigenvalue weighted by Gasteiger charge is -2.27. The molecular formula is C19H18ClNO2. The minimum atomic E-state index is -0.461. The van der Waals surface area contributed by atoms with E-state index in [1.54, 1.807) is 6.07 Å². The maximum Gasteiger partial charge on any atom is 0.261 e. The standard InChI is InChI=1S/C19H18ClNO2/c20-14-8-9-17-13(10-14)11-18(23-17)19(22)21-16-7-3-5-12-4-1-2-6-15(12)16/h1-2,4,6,8-10,16,18H,3,5,7,11H2,(H,21,22)/t16-,18-/m1/s1. The lowest BCUT2D eigenvalue weighted by Crippen LogP contribution is -2.40. The summed E-state index contributed by atoms with van der Waals surface area (Å²) >= 11 is 6.01. The van der Waals surface area contributed by atoms with Crippen molar-refractivity contribution in [3.63, 3.8) is 0 Å². The second-order valence-electron chi connectivity index (χ2n) is 6.21. The van der Waals surface area contributed by atoms with Crippen LogP contribution in [0.1, 0.15) is 35.6 Å². The van der Waals surface area contributed by atoms with Crippen LogP contribution >= 0.6 is 11.6 Å². The number of hydrogen-bond acceptors (Lipinski definition) is 2. The summed E-state index contributed by atoms with van der Waals surface area (Å²) in [5.74, 6) is 0.720. The Hall–Kier alpha value is -2.00. The van der Waals surface area contributed by atoms with Crippen molar-refractivity contribution in [1.82, 2.24) is 5.32 Å². The number of halogens is 1. The Morgan fingerprint density at radius 3 is 2.96 bits per heavy atom. The second-order valence-corrected chi connectivity index (χ2v) is 6.65. The largest absolute Gasteiger partial charge is 0.480 e. The van der Waals surface area contributed by atoms with Crippen LogP contribution in [-0.4, -0.2) is 12.0 Å². The van der Waals surface area contributed by atoms with E-state index in [4.69, 9.17) is 16.3 Å². The number of amides is 1. The van der Waals surface area contributed by atoms with E-state index in [1.165, 1.54) is 11.1 Å². The molecule has 1 aliphatic carbocycles. The fourth-order valence-electron chi connectivity index (χ4n) is 3.53. The van der Waals surface area contributed by atoms with E-state index in [0.717, 1.165) is 30.6 Å². The van der Waals surface area contributed by atoms with Gasteiger partial charge in [-0.3, -0.25) is 4.79 Å². The minimum Gasteiger partial charge on any atom is -0.480 e. The van der Waals surface area contributed by atoms with Gasteiger partial charge < -0.3 is 10.1 Å². The minimum absolute atomic E-state index is 0.0426. The quantitative estimate of drug-likeness (QED) is 0.910. The average Bonchev–Trinajstić information content (AvgIpc) is 2.98. The molecule has 0 aromatic heterocycles. The van der Waals surface area contributed by atoms with E-state index in [-0.39, 0.29) is 11.9 Å². The second kappa shape index (κ2) is 5.89. The number of fused-ring (bicyclic) bond motifs is 2. The van der Waals surface area contributed by atoms with Crippen LogP contribution in [0.5, 0.6) is 5.75 Å². The summed E-state index contributed by atoms with van der Waals surface area (Å²) in [4.78, 5) is 12.6. The molecule has 23 heavy (non-hydrogen) atoms. The molecule has 4 heteroatoms. The molecule has 0 fully saturated rings. The molecule has 0 saturated carbocycles. The van der Waals surface area contributed by atoms with Gasteiger partial charge in [0.05, 0.1) is 6.04 Å². The zero-order chi connectivity index (χ0) is 15.8. The molecule has 0 saturated heterocycles. The number of nitrogens with one attached hydrogen (secondary N) is 1. The molecule has 2 atom stereocenters. The number of benzene rings is 2. The Labute approximate surface area is 140 Å². The molecule has 3 nitrogen and oxygen atoms in total. The summed E-state index contributed by atoms with van der Waals surface area (Å²) in [6.45, 7) is 0. The normalized spacial score (nSPS) is 22.0. The van der Waals surface area contributed by atoms with Gasteiger partial charge in [0, 0.05) is 11.4 Å². The molecule has 2 aromatic carbocycles. The zero-order valence-electron chi connectivity index (χ0n) is 12.7. The SMILES string of the molecule is O=C(N[C@@H]1CCCc2ccccc21)[C@H]1Cc2cc(Cl)ccc2O1. The number of carbonyl (C=O) groups is 1. The Balaban J connectivity index is 1.48. The zero-order valence-corrected chi connectivity index (χ0v) is 13.5. The molecule has 118 valence electrons. The Morgan fingerprint density at radius 1 is 1.17 bits per heavy atom. The van der Waals surface area contributed by atoms with Crippen LogP contribution < -0.4 is 10.1 Å². The lowest BCUT2D eigenvalue weighted by atomic mass is 9.87. The smallest absolute Gasteiger partial charge is 0.261 e. The summed E-state index contributed by atoms with van der Waals surface area (Å²) in [7, 11) is 0. The number of rotatable bonds is 2. The highest BCUT2D eigenvalue weighted by Gasteiger charge is 2.31. The van der Waals surface area contributed by atoms with Gasteiger partial charge >= 0.3 is 0 Å². The van der Waals surface area contributed by atoms with E-state index in [0.29, 0.717) is 11.4 Å². The van der Waals surface area contributed by atoms with Crippen LogP contribution in [0, 0.1) is 0 Å². The van der Waals surface area contributed by atoms with Crippen molar-refractivity contribution in [3.8, 4) is 5.75 Å². The molecule has 1 aliphatic heterocycles. The van der Waals surface area contributed by atoms with E-state index >= 15 is 0 Å². The molecule has 2 aromatic rings.